The summed E-state index contributed by atoms with van der Waals surface area (Å²) < 4.78 is 22.8. The van der Waals surface area contributed by atoms with E-state index < -0.39 is 0 Å². The number of rotatable bonds is 24. The fourth-order valence-electron chi connectivity index (χ4n) is 6.38. The van der Waals surface area contributed by atoms with Crippen LogP contribution in [0.3, 0.4) is 0 Å². The Labute approximate surface area is 273 Å². The van der Waals surface area contributed by atoms with Gasteiger partial charge in [0, 0.05) is 38.5 Å². The van der Waals surface area contributed by atoms with Crippen molar-refractivity contribution in [3.05, 3.63) is 24.3 Å². The topological polar surface area (TPSA) is 95.1 Å². The highest BCUT2D eigenvalue weighted by molar-refractivity contribution is 5.88. The molecule has 3 fully saturated rings. The van der Waals surface area contributed by atoms with Gasteiger partial charge in [0.05, 0.1) is 0 Å². The number of nitrogens with one attached hydrogen (secondary N) is 2. The second-order valence-corrected chi connectivity index (χ2v) is 13.2. The lowest BCUT2D eigenvalue weighted by Crippen LogP contribution is -2.36. The Hall–Kier alpha value is -1.74. The van der Waals surface area contributed by atoms with Crippen LogP contribution < -0.4 is 10.6 Å². The number of allylic oxidation sites excluding steroid dienone is 2. The van der Waals surface area contributed by atoms with Gasteiger partial charge in [-0.2, -0.15) is 0 Å². The summed E-state index contributed by atoms with van der Waals surface area (Å²) in [7, 11) is 0. The zero-order chi connectivity index (χ0) is 31.6. The van der Waals surface area contributed by atoms with Crippen molar-refractivity contribution in [1.82, 2.24) is 10.6 Å². The molecule has 0 radical (unpaired) electrons. The number of carbonyl (C=O) groups is 2. The van der Waals surface area contributed by atoms with Gasteiger partial charge in [-0.1, -0.05) is 63.5 Å². The normalized spacial score (nSPS) is 24.0. The fourth-order valence-corrected chi connectivity index (χ4v) is 6.38. The van der Waals surface area contributed by atoms with E-state index in [-0.39, 0.29) is 36.5 Å². The molecule has 2 amide bonds. The molecule has 0 aromatic heterocycles. The molecular formula is C37H64N2O6. The van der Waals surface area contributed by atoms with E-state index in [9.17, 15) is 9.59 Å². The van der Waals surface area contributed by atoms with Crippen LogP contribution >= 0.6 is 0 Å². The van der Waals surface area contributed by atoms with Gasteiger partial charge in [0.15, 0.2) is 12.6 Å². The lowest BCUT2D eigenvalue weighted by atomic mass is 10.1. The molecule has 2 unspecified atom stereocenters. The molecule has 1 saturated carbocycles. The van der Waals surface area contributed by atoms with Crippen LogP contribution in [0.15, 0.2) is 24.3 Å². The zero-order valence-corrected chi connectivity index (χ0v) is 28.2. The second kappa shape index (κ2) is 25.4. The molecule has 45 heavy (non-hydrogen) atoms. The van der Waals surface area contributed by atoms with Gasteiger partial charge in [0.2, 0.25) is 11.8 Å². The highest BCUT2D eigenvalue weighted by Crippen LogP contribution is 2.20. The molecule has 258 valence electrons. The Kier molecular flexibility index (Phi) is 21.3. The molecule has 8 nitrogen and oxygen atoms in total. The van der Waals surface area contributed by atoms with Crippen LogP contribution in [0.1, 0.15) is 148 Å². The first kappa shape index (κ1) is 37.7. The van der Waals surface area contributed by atoms with Crippen LogP contribution in [0.2, 0.25) is 0 Å². The predicted molar refractivity (Wildman–Crippen MR) is 180 cm³/mol. The molecule has 3 rings (SSSR count). The van der Waals surface area contributed by atoms with Crippen molar-refractivity contribution in [1.29, 1.82) is 0 Å². The Morgan fingerprint density at radius 2 is 0.978 bits per heavy atom. The third-order valence-electron chi connectivity index (χ3n) is 9.08. The Morgan fingerprint density at radius 3 is 1.40 bits per heavy atom. The molecule has 4 atom stereocenters. The van der Waals surface area contributed by atoms with E-state index >= 15 is 0 Å². The van der Waals surface area contributed by atoms with Crippen LogP contribution in [-0.2, 0) is 28.5 Å². The molecular weight excluding hydrogens is 568 g/mol. The van der Waals surface area contributed by atoms with Crippen molar-refractivity contribution in [2.45, 2.75) is 172 Å². The van der Waals surface area contributed by atoms with Gasteiger partial charge in [-0.3, -0.25) is 9.59 Å². The smallest absolute Gasteiger partial charge is 0.243 e. The third-order valence-corrected chi connectivity index (χ3v) is 9.08. The van der Waals surface area contributed by atoms with E-state index in [1.165, 1.54) is 64.2 Å². The number of carbonyl (C=O) groups excluding carboxylic acids is 2. The van der Waals surface area contributed by atoms with Gasteiger partial charge in [-0.05, 0) is 108 Å². The standard InChI is InChI=1S/C37H64N2O6/c40-34(21-13-9-5-1-3-7-11-17-27-42-36-23-15-19-29-44-36)38-32-25-26-33(31-32)39-35(41)22-14-10-6-2-4-8-12-18-28-43-37-24-16-20-30-45-37/h13-14,21-22,32-33,36-37H,1-12,15-20,23-31H2,(H,38,40)(H,39,41)/b21-13+,22-14+/t32-,33+,36?,37?. The minimum absolute atomic E-state index is 0.0174. The molecule has 0 bridgehead atoms. The minimum atomic E-state index is -0.0174. The van der Waals surface area contributed by atoms with Gasteiger partial charge in [-0.15, -0.1) is 0 Å². The summed E-state index contributed by atoms with van der Waals surface area (Å²) in [5, 5.41) is 6.22. The van der Waals surface area contributed by atoms with Crippen LogP contribution in [-0.4, -0.2) is 62.9 Å². The summed E-state index contributed by atoms with van der Waals surface area (Å²) in [6, 6.07) is 0.273. The van der Waals surface area contributed by atoms with E-state index in [4.69, 9.17) is 18.9 Å². The first-order chi connectivity index (χ1) is 22.2. The molecule has 0 spiro atoms. The summed E-state index contributed by atoms with van der Waals surface area (Å²) in [6.45, 7) is 3.30. The highest BCUT2D eigenvalue weighted by Gasteiger charge is 2.26. The van der Waals surface area contributed by atoms with Crippen LogP contribution in [0.25, 0.3) is 0 Å². The van der Waals surface area contributed by atoms with Crippen molar-refractivity contribution in [2.75, 3.05) is 26.4 Å². The maximum absolute atomic E-state index is 12.3. The lowest BCUT2D eigenvalue weighted by Gasteiger charge is -2.22. The Bertz CT molecular complexity index is 756. The van der Waals surface area contributed by atoms with Crippen LogP contribution in [0, 0.1) is 0 Å². The summed E-state index contributed by atoms with van der Waals surface area (Å²) in [5.74, 6) is -0.0348. The highest BCUT2D eigenvalue weighted by atomic mass is 16.7. The molecule has 2 N–H and O–H groups in total. The first-order valence-electron chi connectivity index (χ1n) is 18.6. The Morgan fingerprint density at radius 1 is 0.556 bits per heavy atom. The molecule has 2 aliphatic heterocycles. The monoisotopic (exact) mass is 632 g/mol. The number of amides is 2. The molecule has 1 aliphatic carbocycles. The number of hydrogen-bond donors (Lipinski definition) is 2. The van der Waals surface area contributed by atoms with E-state index in [0.717, 1.165) is 110 Å². The average Bonchev–Trinajstić information content (AvgIpc) is 3.49. The quantitative estimate of drug-likeness (QED) is 0.0833. The molecule has 8 heteroatoms. The van der Waals surface area contributed by atoms with Crippen LogP contribution in [0.5, 0.6) is 0 Å². The van der Waals surface area contributed by atoms with Gasteiger partial charge < -0.3 is 29.6 Å². The summed E-state index contributed by atoms with van der Waals surface area (Å²) in [4.78, 5) is 24.7. The number of unbranched alkanes of at least 4 members (excludes halogenated alkanes) is 12. The van der Waals surface area contributed by atoms with Gasteiger partial charge in [-0.25, -0.2) is 0 Å². The van der Waals surface area contributed by atoms with Crippen molar-refractivity contribution in [3.63, 3.8) is 0 Å². The molecule has 0 aromatic rings. The summed E-state index contributed by atoms with van der Waals surface area (Å²) in [5.41, 5.74) is 0. The maximum Gasteiger partial charge on any atom is 0.243 e. The van der Waals surface area contributed by atoms with Gasteiger partial charge >= 0.3 is 0 Å². The average molecular weight is 633 g/mol. The predicted octanol–water partition coefficient (Wildman–Crippen LogP) is 7.80. The zero-order valence-electron chi connectivity index (χ0n) is 28.2. The number of ether oxygens (including phenoxy) is 4. The van der Waals surface area contributed by atoms with Gasteiger partial charge in [0.1, 0.15) is 0 Å². The molecule has 3 aliphatic rings. The summed E-state index contributed by atoms with van der Waals surface area (Å²) in [6.07, 6.45) is 33.0. The molecule has 2 heterocycles. The number of hydrogen-bond acceptors (Lipinski definition) is 6. The first-order valence-corrected chi connectivity index (χ1v) is 18.6. The SMILES string of the molecule is O=C(/C=C/CCCCCCCCOC1CCCCO1)N[C@@H]1CC[C@H](NC(=O)/C=C/CCCCCCCCOC2CCCCO2)C1. The van der Waals surface area contributed by atoms with Crippen molar-refractivity contribution in [2.24, 2.45) is 0 Å². The minimum Gasteiger partial charge on any atom is -0.353 e. The summed E-state index contributed by atoms with van der Waals surface area (Å²) >= 11 is 0. The largest absolute Gasteiger partial charge is 0.353 e. The van der Waals surface area contributed by atoms with Crippen molar-refractivity contribution >= 4 is 11.8 Å². The van der Waals surface area contributed by atoms with E-state index in [2.05, 4.69) is 10.6 Å². The second-order valence-electron chi connectivity index (χ2n) is 13.2. The van der Waals surface area contributed by atoms with Crippen molar-refractivity contribution < 1.29 is 28.5 Å². The third kappa shape index (κ3) is 19.5. The fraction of sp³-hybridized carbons (Fsp3) is 0.838. The molecule has 2 saturated heterocycles. The van der Waals surface area contributed by atoms with Gasteiger partial charge in [0.25, 0.3) is 0 Å². The molecule has 0 aromatic carbocycles. The maximum atomic E-state index is 12.3. The van der Waals surface area contributed by atoms with Crippen LogP contribution in [0.4, 0.5) is 0 Å². The van der Waals surface area contributed by atoms with Crippen molar-refractivity contribution in [3.8, 4) is 0 Å². The Balaban J connectivity index is 1.06. The van der Waals surface area contributed by atoms with E-state index in [0.29, 0.717) is 0 Å². The van der Waals surface area contributed by atoms with E-state index in [1.54, 1.807) is 12.2 Å². The van der Waals surface area contributed by atoms with E-state index in [1.807, 2.05) is 12.2 Å². The lowest BCUT2D eigenvalue weighted by molar-refractivity contribution is -0.163.